The molecule has 1 aromatic carbocycles. The molecular weight excluding hydrogens is 358 g/mol. The van der Waals surface area contributed by atoms with Gasteiger partial charge in [0.05, 0.1) is 0 Å². The van der Waals surface area contributed by atoms with Gasteiger partial charge in [-0.15, -0.1) is 0 Å². The Morgan fingerprint density at radius 1 is 1.00 bits per heavy atom. The zero-order valence-electron chi connectivity index (χ0n) is 15.9. The van der Waals surface area contributed by atoms with Gasteiger partial charge in [-0.3, -0.25) is 25.2 Å². The number of rotatable bonds is 6. The second-order valence-electron chi connectivity index (χ2n) is 6.53. The largest absolute Gasteiger partial charge is 0.480 e. The van der Waals surface area contributed by atoms with Crippen LogP contribution < -0.4 is 20.9 Å². The van der Waals surface area contributed by atoms with E-state index in [0.29, 0.717) is 10.8 Å². The monoisotopic (exact) mass is 383 g/mol. The van der Waals surface area contributed by atoms with Gasteiger partial charge in [0.25, 0.3) is 11.8 Å². The van der Waals surface area contributed by atoms with Crippen molar-refractivity contribution in [2.45, 2.75) is 53.7 Å². The molecule has 8 heteroatoms. The van der Waals surface area contributed by atoms with Crippen molar-refractivity contribution >= 4 is 29.3 Å². The van der Waals surface area contributed by atoms with E-state index in [1.54, 1.807) is 32.9 Å². The molecule has 0 aromatic heterocycles. The highest BCUT2D eigenvalue weighted by Crippen LogP contribution is 2.27. The van der Waals surface area contributed by atoms with Crippen molar-refractivity contribution in [1.29, 1.82) is 0 Å². The topological polar surface area (TPSA) is 96.5 Å². The van der Waals surface area contributed by atoms with Crippen molar-refractivity contribution < 1.29 is 19.1 Å². The molecule has 3 amide bonds. The van der Waals surface area contributed by atoms with E-state index in [1.807, 2.05) is 13.8 Å². The fraction of sp³-hybridized carbons (Fsp3) is 0.500. The number of hydrazine groups is 1. The van der Waals surface area contributed by atoms with Crippen LogP contribution in [0.1, 0.15) is 38.8 Å². The molecule has 0 saturated carbocycles. The van der Waals surface area contributed by atoms with Crippen LogP contribution >= 0.6 is 11.6 Å². The first-order valence-electron chi connectivity index (χ1n) is 8.33. The van der Waals surface area contributed by atoms with E-state index in [0.717, 1.165) is 11.1 Å². The smallest absolute Gasteiger partial charge is 0.279 e. The third-order valence-corrected chi connectivity index (χ3v) is 3.92. The average molecular weight is 384 g/mol. The molecule has 0 aliphatic heterocycles. The summed E-state index contributed by atoms with van der Waals surface area (Å²) in [5.74, 6) is -0.909. The van der Waals surface area contributed by atoms with Gasteiger partial charge in [-0.05, 0) is 49.9 Å². The van der Waals surface area contributed by atoms with Crippen LogP contribution in [0.5, 0.6) is 5.75 Å². The van der Waals surface area contributed by atoms with Crippen molar-refractivity contribution in [3.8, 4) is 5.75 Å². The standard InChI is InChI=1S/C18H26ClN3O4/c1-9(2)15(20-13(6)23)18(25)22-21-17(24)12(5)26-16-10(3)7-14(19)8-11(16)4/h7-9,12,15H,1-6H3,(H,20,23)(H,21,24)(H,22,25). The normalized spacial score (nSPS) is 12.9. The second kappa shape index (κ2) is 9.43. The summed E-state index contributed by atoms with van der Waals surface area (Å²) in [5, 5.41) is 3.14. The maximum atomic E-state index is 12.2. The van der Waals surface area contributed by atoms with Crippen LogP contribution in [0.2, 0.25) is 5.02 Å². The number of nitrogens with one attached hydrogen (secondary N) is 3. The van der Waals surface area contributed by atoms with Crippen LogP contribution in [0.15, 0.2) is 12.1 Å². The number of benzene rings is 1. The molecule has 1 rings (SSSR count). The quantitative estimate of drug-likeness (QED) is 0.655. The zero-order chi connectivity index (χ0) is 20.0. The first kappa shape index (κ1) is 21.8. The Kier molecular flexibility index (Phi) is 7.89. The maximum absolute atomic E-state index is 12.2. The number of aryl methyl sites for hydroxylation is 2. The molecule has 26 heavy (non-hydrogen) atoms. The molecule has 7 nitrogen and oxygen atoms in total. The molecule has 1 aromatic rings. The lowest BCUT2D eigenvalue weighted by Gasteiger charge is -2.22. The van der Waals surface area contributed by atoms with Crippen LogP contribution in [0.3, 0.4) is 0 Å². The average Bonchev–Trinajstić information content (AvgIpc) is 2.52. The number of hydrogen-bond acceptors (Lipinski definition) is 4. The van der Waals surface area contributed by atoms with Gasteiger partial charge in [-0.25, -0.2) is 0 Å². The second-order valence-corrected chi connectivity index (χ2v) is 6.97. The SMILES string of the molecule is CC(=O)NC(C(=O)NNC(=O)C(C)Oc1c(C)cc(Cl)cc1C)C(C)C. The van der Waals surface area contributed by atoms with Gasteiger partial charge in [0.15, 0.2) is 6.10 Å². The molecule has 0 aliphatic carbocycles. The van der Waals surface area contributed by atoms with Crippen molar-refractivity contribution in [2.24, 2.45) is 5.92 Å². The minimum Gasteiger partial charge on any atom is -0.480 e. The highest BCUT2D eigenvalue weighted by atomic mass is 35.5. The Hall–Kier alpha value is -2.28. The van der Waals surface area contributed by atoms with E-state index in [1.165, 1.54) is 6.92 Å². The molecule has 0 bridgehead atoms. The van der Waals surface area contributed by atoms with Crippen LogP contribution in [0.4, 0.5) is 0 Å². The lowest BCUT2D eigenvalue weighted by molar-refractivity contribution is -0.135. The molecule has 2 atom stereocenters. The van der Waals surface area contributed by atoms with E-state index in [2.05, 4.69) is 16.2 Å². The maximum Gasteiger partial charge on any atom is 0.279 e. The molecular formula is C18H26ClN3O4. The van der Waals surface area contributed by atoms with Crippen LogP contribution in [-0.4, -0.2) is 29.9 Å². The number of halogens is 1. The van der Waals surface area contributed by atoms with Gasteiger partial charge in [0.1, 0.15) is 11.8 Å². The number of ether oxygens (including phenoxy) is 1. The fourth-order valence-electron chi connectivity index (χ4n) is 2.37. The van der Waals surface area contributed by atoms with E-state index in [9.17, 15) is 14.4 Å². The first-order valence-corrected chi connectivity index (χ1v) is 8.71. The number of hydrogen-bond donors (Lipinski definition) is 3. The van der Waals surface area contributed by atoms with Crippen LogP contribution in [-0.2, 0) is 14.4 Å². The number of carbonyl (C=O) groups is 3. The van der Waals surface area contributed by atoms with Crippen LogP contribution in [0.25, 0.3) is 0 Å². The molecule has 2 unspecified atom stereocenters. The van der Waals surface area contributed by atoms with Gasteiger partial charge in [-0.2, -0.15) is 0 Å². The third-order valence-electron chi connectivity index (χ3n) is 3.71. The summed E-state index contributed by atoms with van der Waals surface area (Å²) in [6.45, 7) is 10.2. The highest BCUT2D eigenvalue weighted by molar-refractivity contribution is 6.30. The summed E-state index contributed by atoms with van der Waals surface area (Å²) >= 11 is 5.98. The lowest BCUT2D eigenvalue weighted by atomic mass is 10.0. The van der Waals surface area contributed by atoms with Crippen molar-refractivity contribution in [3.63, 3.8) is 0 Å². The van der Waals surface area contributed by atoms with Gasteiger partial charge >= 0.3 is 0 Å². The van der Waals surface area contributed by atoms with Crippen LogP contribution in [0, 0.1) is 19.8 Å². The van der Waals surface area contributed by atoms with E-state index in [4.69, 9.17) is 16.3 Å². The molecule has 0 fully saturated rings. The molecule has 0 radical (unpaired) electrons. The molecule has 0 aliphatic rings. The molecule has 3 N–H and O–H groups in total. The fourth-order valence-corrected chi connectivity index (χ4v) is 2.70. The Morgan fingerprint density at radius 3 is 1.96 bits per heavy atom. The third kappa shape index (κ3) is 6.22. The summed E-state index contributed by atoms with van der Waals surface area (Å²) in [7, 11) is 0. The molecule has 0 saturated heterocycles. The zero-order valence-corrected chi connectivity index (χ0v) is 16.7. The highest BCUT2D eigenvalue weighted by Gasteiger charge is 2.24. The Labute approximate surface area is 158 Å². The van der Waals surface area contributed by atoms with Crippen molar-refractivity contribution in [2.75, 3.05) is 0 Å². The Morgan fingerprint density at radius 2 is 1.50 bits per heavy atom. The van der Waals surface area contributed by atoms with Gasteiger partial charge in [0.2, 0.25) is 5.91 Å². The summed E-state index contributed by atoms with van der Waals surface area (Å²) in [6.07, 6.45) is -0.841. The summed E-state index contributed by atoms with van der Waals surface area (Å²) in [4.78, 5) is 35.5. The Balaban J connectivity index is 2.67. The van der Waals surface area contributed by atoms with Gasteiger partial charge < -0.3 is 10.1 Å². The molecule has 0 heterocycles. The lowest BCUT2D eigenvalue weighted by Crippen LogP contribution is -2.55. The Bertz CT molecular complexity index is 668. The summed E-state index contributed by atoms with van der Waals surface area (Å²) < 4.78 is 5.71. The van der Waals surface area contributed by atoms with Gasteiger partial charge in [0, 0.05) is 11.9 Å². The van der Waals surface area contributed by atoms with Crippen molar-refractivity contribution in [3.05, 3.63) is 28.3 Å². The van der Waals surface area contributed by atoms with Gasteiger partial charge in [-0.1, -0.05) is 25.4 Å². The number of amides is 3. The summed E-state index contributed by atoms with van der Waals surface area (Å²) in [6, 6.07) is 2.75. The predicted molar refractivity (Wildman–Crippen MR) is 99.7 cm³/mol. The molecule has 144 valence electrons. The molecule has 0 spiro atoms. The minimum absolute atomic E-state index is 0.135. The minimum atomic E-state index is -0.841. The summed E-state index contributed by atoms with van der Waals surface area (Å²) in [5.41, 5.74) is 6.26. The van der Waals surface area contributed by atoms with E-state index >= 15 is 0 Å². The first-order chi connectivity index (χ1) is 12.0. The van der Waals surface area contributed by atoms with E-state index < -0.39 is 24.0 Å². The van der Waals surface area contributed by atoms with E-state index in [-0.39, 0.29) is 11.8 Å². The number of carbonyl (C=O) groups excluding carboxylic acids is 3. The predicted octanol–water partition coefficient (Wildman–Crippen LogP) is 2.03. The van der Waals surface area contributed by atoms with Crippen molar-refractivity contribution in [1.82, 2.24) is 16.2 Å².